The Morgan fingerprint density at radius 1 is 0.893 bits per heavy atom. The predicted octanol–water partition coefficient (Wildman–Crippen LogP) is 5.89. The number of fused-ring (bicyclic) bond motifs is 2. The number of thioether (sulfide) groups is 1. The average Bonchev–Trinajstić information content (AvgIpc) is 2.74. The molecule has 0 spiro atoms. The largest absolute Gasteiger partial charge is 0.340 e. The van der Waals surface area contributed by atoms with Gasteiger partial charge in [0.2, 0.25) is 5.12 Å². The van der Waals surface area contributed by atoms with Gasteiger partial charge in [0.1, 0.15) is 0 Å². The molecule has 0 radical (unpaired) electrons. The molecule has 1 aromatic heterocycles. The van der Waals surface area contributed by atoms with E-state index in [2.05, 4.69) is 11.5 Å². The van der Waals surface area contributed by atoms with Gasteiger partial charge in [-0.05, 0) is 48.5 Å². The summed E-state index contributed by atoms with van der Waals surface area (Å²) in [5.74, 6) is 0. The van der Waals surface area contributed by atoms with Gasteiger partial charge in [0, 0.05) is 27.8 Å². The van der Waals surface area contributed by atoms with Crippen molar-refractivity contribution in [2.75, 3.05) is 0 Å². The molecule has 0 saturated heterocycles. The Bertz CT molecular complexity index is 1210. The summed E-state index contributed by atoms with van der Waals surface area (Å²) in [4.78, 5) is 26.4. The first kappa shape index (κ1) is 18.5. The number of rotatable bonds is 5. The molecule has 3 aromatic carbocycles. The number of nitrogens with zero attached hydrogens (tertiary/aromatic N) is 1. The molecule has 4 aromatic rings. The summed E-state index contributed by atoms with van der Waals surface area (Å²) in [5, 5.41) is 1.37. The monoisotopic (exact) mass is 387 g/mol. The highest BCUT2D eigenvalue weighted by Gasteiger charge is 2.13. The van der Waals surface area contributed by atoms with Crippen molar-refractivity contribution in [1.29, 1.82) is 0 Å². The van der Waals surface area contributed by atoms with Crippen LogP contribution in [0.5, 0.6) is 0 Å². The minimum atomic E-state index is -0.0213. The van der Waals surface area contributed by atoms with Gasteiger partial charge in [0.05, 0.1) is 11.0 Å². The molecule has 0 aliphatic heterocycles. The van der Waals surface area contributed by atoms with Crippen LogP contribution >= 0.6 is 11.8 Å². The van der Waals surface area contributed by atoms with Crippen LogP contribution in [0.15, 0.2) is 82.5 Å². The van der Waals surface area contributed by atoms with Gasteiger partial charge in [0.25, 0.3) is 0 Å². The molecule has 3 nitrogen and oxygen atoms in total. The summed E-state index contributed by atoms with van der Waals surface area (Å²) in [6, 6.07) is 22.7. The first-order chi connectivity index (χ1) is 13.7. The third-order valence-corrected chi connectivity index (χ3v) is 5.81. The van der Waals surface area contributed by atoms with Crippen molar-refractivity contribution in [2.45, 2.75) is 31.2 Å². The minimum Gasteiger partial charge on any atom is -0.340 e. The van der Waals surface area contributed by atoms with Crippen molar-refractivity contribution in [3.63, 3.8) is 0 Å². The predicted molar refractivity (Wildman–Crippen MR) is 117 cm³/mol. The van der Waals surface area contributed by atoms with Crippen LogP contribution in [-0.2, 0) is 6.54 Å². The number of para-hydroxylation sites is 1. The SMILES string of the molecule is CCCCn1c2ccccc2c(=O)c2cc(SC(=O)c3ccccc3)ccc21. The highest BCUT2D eigenvalue weighted by molar-refractivity contribution is 8.14. The van der Waals surface area contributed by atoms with Gasteiger partial charge >= 0.3 is 0 Å². The van der Waals surface area contributed by atoms with E-state index in [1.807, 2.05) is 72.8 Å². The van der Waals surface area contributed by atoms with E-state index in [4.69, 9.17) is 0 Å². The van der Waals surface area contributed by atoms with Crippen LogP contribution in [0.4, 0.5) is 0 Å². The Hall–Kier alpha value is -2.85. The lowest BCUT2D eigenvalue weighted by molar-refractivity contribution is 0.108. The first-order valence-electron chi connectivity index (χ1n) is 9.51. The smallest absolute Gasteiger partial charge is 0.224 e. The molecule has 0 amide bonds. The molecule has 140 valence electrons. The van der Waals surface area contributed by atoms with E-state index in [1.165, 1.54) is 0 Å². The molecular formula is C24H21NO2S. The highest BCUT2D eigenvalue weighted by atomic mass is 32.2. The Kier molecular flexibility index (Phi) is 5.31. The van der Waals surface area contributed by atoms with Crippen LogP contribution in [0.25, 0.3) is 21.8 Å². The van der Waals surface area contributed by atoms with Crippen molar-refractivity contribution < 1.29 is 4.79 Å². The minimum absolute atomic E-state index is 0.0213. The number of unbranched alkanes of at least 4 members (excludes halogenated alkanes) is 1. The molecule has 0 aliphatic carbocycles. The number of hydrogen-bond donors (Lipinski definition) is 0. The second-order valence-electron chi connectivity index (χ2n) is 6.79. The van der Waals surface area contributed by atoms with Gasteiger partial charge in [-0.25, -0.2) is 0 Å². The standard InChI is InChI=1S/C24H21NO2S/c1-2-3-15-25-21-12-8-7-11-19(21)23(26)20-16-18(13-14-22(20)25)28-24(27)17-9-5-4-6-10-17/h4-14,16H,2-3,15H2,1H3. The maximum absolute atomic E-state index is 13.1. The number of hydrogen-bond acceptors (Lipinski definition) is 3. The summed E-state index contributed by atoms with van der Waals surface area (Å²) < 4.78 is 2.23. The number of carbonyl (C=O) groups excluding carboxylic acids is 1. The van der Waals surface area contributed by atoms with Gasteiger partial charge in [-0.1, -0.05) is 55.8 Å². The molecule has 4 rings (SSSR count). The normalized spacial score (nSPS) is 11.2. The molecular weight excluding hydrogens is 366 g/mol. The van der Waals surface area contributed by atoms with Crippen molar-refractivity contribution in [2.24, 2.45) is 0 Å². The topological polar surface area (TPSA) is 39.1 Å². The van der Waals surface area contributed by atoms with Crippen LogP contribution < -0.4 is 5.43 Å². The van der Waals surface area contributed by atoms with Crippen LogP contribution in [0.3, 0.4) is 0 Å². The summed E-state index contributed by atoms with van der Waals surface area (Å²) in [7, 11) is 0. The van der Waals surface area contributed by atoms with Crippen molar-refractivity contribution in [1.82, 2.24) is 4.57 Å². The van der Waals surface area contributed by atoms with E-state index in [0.717, 1.165) is 52.5 Å². The lowest BCUT2D eigenvalue weighted by Gasteiger charge is -2.15. The van der Waals surface area contributed by atoms with Gasteiger partial charge < -0.3 is 4.57 Å². The molecule has 28 heavy (non-hydrogen) atoms. The lowest BCUT2D eigenvalue weighted by atomic mass is 10.1. The second kappa shape index (κ2) is 8.03. The maximum atomic E-state index is 13.1. The third-order valence-electron chi connectivity index (χ3n) is 4.90. The fourth-order valence-electron chi connectivity index (χ4n) is 3.47. The molecule has 0 atom stereocenters. The molecule has 0 saturated carbocycles. The number of carbonyl (C=O) groups is 1. The number of pyridine rings is 1. The van der Waals surface area contributed by atoms with E-state index in [9.17, 15) is 9.59 Å². The van der Waals surface area contributed by atoms with Crippen LogP contribution in [0.2, 0.25) is 0 Å². The molecule has 4 heteroatoms. The number of benzene rings is 3. The summed E-state index contributed by atoms with van der Waals surface area (Å²) in [5.41, 5.74) is 2.57. The fraction of sp³-hybridized carbons (Fsp3) is 0.167. The number of aryl methyl sites for hydroxylation is 1. The Morgan fingerprint density at radius 2 is 1.61 bits per heavy atom. The molecule has 0 N–H and O–H groups in total. The van der Waals surface area contributed by atoms with Crippen molar-refractivity contribution >= 4 is 38.7 Å². The van der Waals surface area contributed by atoms with Crippen LogP contribution in [-0.4, -0.2) is 9.68 Å². The Balaban J connectivity index is 1.83. The molecule has 0 bridgehead atoms. The first-order valence-corrected chi connectivity index (χ1v) is 10.3. The van der Waals surface area contributed by atoms with E-state index in [0.29, 0.717) is 10.9 Å². The van der Waals surface area contributed by atoms with Crippen LogP contribution in [0.1, 0.15) is 30.1 Å². The van der Waals surface area contributed by atoms with Crippen LogP contribution in [0, 0.1) is 0 Å². The van der Waals surface area contributed by atoms with Gasteiger partial charge in [-0.3, -0.25) is 9.59 Å². The molecule has 0 unspecified atom stereocenters. The zero-order valence-electron chi connectivity index (χ0n) is 15.7. The third kappa shape index (κ3) is 3.48. The second-order valence-corrected chi connectivity index (χ2v) is 7.83. The molecule has 1 heterocycles. The van der Waals surface area contributed by atoms with Gasteiger partial charge in [0.15, 0.2) is 5.43 Å². The fourth-order valence-corrected chi connectivity index (χ4v) is 4.25. The summed E-state index contributed by atoms with van der Waals surface area (Å²) >= 11 is 1.16. The van der Waals surface area contributed by atoms with Gasteiger partial charge in [-0.15, -0.1) is 0 Å². The highest BCUT2D eigenvalue weighted by Crippen LogP contribution is 2.27. The van der Waals surface area contributed by atoms with Crippen molar-refractivity contribution in [3.8, 4) is 0 Å². The zero-order chi connectivity index (χ0) is 19.5. The Labute approximate surface area is 168 Å². The zero-order valence-corrected chi connectivity index (χ0v) is 16.5. The number of aromatic nitrogens is 1. The summed E-state index contributed by atoms with van der Waals surface area (Å²) in [6.07, 6.45) is 2.13. The maximum Gasteiger partial charge on any atom is 0.224 e. The molecule has 0 fully saturated rings. The quantitative estimate of drug-likeness (QED) is 0.317. The molecule has 0 aliphatic rings. The van der Waals surface area contributed by atoms with E-state index >= 15 is 0 Å². The van der Waals surface area contributed by atoms with E-state index in [-0.39, 0.29) is 10.5 Å². The van der Waals surface area contributed by atoms with Crippen molar-refractivity contribution in [3.05, 3.63) is 88.6 Å². The van der Waals surface area contributed by atoms with Gasteiger partial charge in [-0.2, -0.15) is 0 Å². The van der Waals surface area contributed by atoms with E-state index < -0.39 is 0 Å². The Morgan fingerprint density at radius 3 is 2.39 bits per heavy atom. The summed E-state index contributed by atoms with van der Waals surface area (Å²) in [6.45, 7) is 3.03. The van der Waals surface area contributed by atoms with E-state index in [1.54, 1.807) is 0 Å². The average molecular weight is 388 g/mol. The lowest BCUT2D eigenvalue weighted by Crippen LogP contribution is -2.11.